The molecule has 1 rings (SSSR count). The first-order valence-electron chi connectivity index (χ1n) is 3.13. The lowest BCUT2D eigenvalue weighted by Crippen LogP contribution is -2.27. The number of rotatable bonds is 2. The molecule has 3 nitrogen and oxygen atoms in total. The van der Waals surface area contributed by atoms with Crippen molar-refractivity contribution >= 4 is 11.3 Å². The van der Waals surface area contributed by atoms with E-state index in [-0.39, 0.29) is 5.41 Å². The van der Waals surface area contributed by atoms with Crippen molar-refractivity contribution < 1.29 is 0 Å². The molecular weight excluding hydrogens is 146 g/mol. The Morgan fingerprint density at radius 2 is 2.40 bits per heavy atom. The molecule has 0 amide bonds. The first-order chi connectivity index (χ1) is 4.67. The minimum atomic E-state index is -0.0127. The van der Waals surface area contributed by atoms with Crippen molar-refractivity contribution in [2.24, 2.45) is 5.73 Å². The molecule has 0 fully saturated rings. The largest absolute Gasteiger partial charge is 0.330 e. The van der Waals surface area contributed by atoms with Crippen molar-refractivity contribution in [3.63, 3.8) is 0 Å². The number of nitrogens with zero attached hydrogens (tertiary/aromatic N) is 2. The summed E-state index contributed by atoms with van der Waals surface area (Å²) in [5.74, 6) is 0. The fourth-order valence-electron chi connectivity index (χ4n) is 0.555. The third kappa shape index (κ3) is 1.33. The van der Waals surface area contributed by atoms with Gasteiger partial charge in [0.1, 0.15) is 10.5 Å². The normalized spacial score (nSPS) is 11.9. The fourth-order valence-corrected chi connectivity index (χ4v) is 1.25. The van der Waals surface area contributed by atoms with Crippen LogP contribution in [0.4, 0.5) is 0 Å². The quantitative estimate of drug-likeness (QED) is 0.690. The van der Waals surface area contributed by atoms with E-state index in [0.717, 1.165) is 5.01 Å². The van der Waals surface area contributed by atoms with Gasteiger partial charge in [0, 0.05) is 12.0 Å². The smallest absolute Gasteiger partial charge is 0.124 e. The van der Waals surface area contributed by atoms with Gasteiger partial charge in [-0.05, 0) is 0 Å². The average Bonchev–Trinajstić information content (AvgIpc) is 2.38. The van der Waals surface area contributed by atoms with Crippen LogP contribution in [0.15, 0.2) is 5.51 Å². The highest BCUT2D eigenvalue weighted by Gasteiger charge is 2.21. The van der Waals surface area contributed by atoms with E-state index in [1.807, 2.05) is 0 Å². The van der Waals surface area contributed by atoms with E-state index in [2.05, 4.69) is 24.0 Å². The van der Waals surface area contributed by atoms with Gasteiger partial charge in [0.15, 0.2) is 0 Å². The predicted molar refractivity (Wildman–Crippen MR) is 42.0 cm³/mol. The summed E-state index contributed by atoms with van der Waals surface area (Å²) in [6.45, 7) is 4.74. The lowest BCUT2D eigenvalue weighted by Gasteiger charge is -2.17. The van der Waals surface area contributed by atoms with Crippen molar-refractivity contribution in [3.8, 4) is 0 Å². The summed E-state index contributed by atoms with van der Waals surface area (Å²) in [7, 11) is 0. The van der Waals surface area contributed by atoms with Gasteiger partial charge in [-0.25, -0.2) is 0 Å². The van der Waals surface area contributed by atoms with Gasteiger partial charge in [-0.15, -0.1) is 21.5 Å². The van der Waals surface area contributed by atoms with Crippen LogP contribution in [-0.4, -0.2) is 16.7 Å². The van der Waals surface area contributed by atoms with Gasteiger partial charge in [0.2, 0.25) is 0 Å². The van der Waals surface area contributed by atoms with E-state index in [9.17, 15) is 0 Å². The first-order valence-corrected chi connectivity index (χ1v) is 4.01. The molecule has 56 valence electrons. The van der Waals surface area contributed by atoms with Gasteiger partial charge in [-0.1, -0.05) is 13.8 Å². The van der Waals surface area contributed by atoms with Crippen LogP contribution in [0, 0.1) is 0 Å². The van der Waals surface area contributed by atoms with E-state index in [1.165, 1.54) is 0 Å². The number of aromatic nitrogens is 2. The zero-order valence-corrected chi connectivity index (χ0v) is 6.98. The second-order valence-electron chi connectivity index (χ2n) is 2.83. The van der Waals surface area contributed by atoms with Crippen LogP contribution in [0.2, 0.25) is 0 Å². The Morgan fingerprint density at radius 3 is 2.80 bits per heavy atom. The maximum absolute atomic E-state index is 5.54. The Bertz CT molecular complexity index is 193. The number of hydrogen-bond donors (Lipinski definition) is 1. The molecule has 0 spiro atoms. The molecule has 0 atom stereocenters. The third-order valence-corrected chi connectivity index (χ3v) is 2.51. The Labute approximate surface area is 64.3 Å². The van der Waals surface area contributed by atoms with E-state index < -0.39 is 0 Å². The maximum atomic E-state index is 5.54. The van der Waals surface area contributed by atoms with Crippen molar-refractivity contribution in [2.45, 2.75) is 19.3 Å². The van der Waals surface area contributed by atoms with Crippen LogP contribution < -0.4 is 5.73 Å². The highest BCUT2D eigenvalue weighted by atomic mass is 32.1. The predicted octanol–water partition coefficient (Wildman–Crippen LogP) is 0.774. The summed E-state index contributed by atoms with van der Waals surface area (Å²) in [5.41, 5.74) is 7.25. The van der Waals surface area contributed by atoms with Crippen molar-refractivity contribution in [3.05, 3.63) is 10.5 Å². The Hall–Kier alpha value is -0.480. The molecule has 0 aliphatic heterocycles. The van der Waals surface area contributed by atoms with Crippen molar-refractivity contribution in [1.29, 1.82) is 0 Å². The van der Waals surface area contributed by atoms with E-state index in [1.54, 1.807) is 16.8 Å². The van der Waals surface area contributed by atoms with Gasteiger partial charge in [-0.2, -0.15) is 0 Å². The third-order valence-electron chi connectivity index (χ3n) is 1.45. The molecular formula is C6H11N3S. The van der Waals surface area contributed by atoms with E-state index in [4.69, 9.17) is 5.73 Å². The zero-order valence-electron chi connectivity index (χ0n) is 6.16. The molecule has 0 aliphatic carbocycles. The van der Waals surface area contributed by atoms with Crippen molar-refractivity contribution in [2.75, 3.05) is 6.54 Å². The molecule has 10 heavy (non-hydrogen) atoms. The second-order valence-corrected chi connectivity index (χ2v) is 3.67. The Morgan fingerprint density at radius 1 is 1.70 bits per heavy atom. The minimum Gasteiger partial charge on any atom is -0.330 e. The molecule has 0 radical (unpaired) electrons. The molecule has 0 aliphatic rings. The highest BCUT2D eigenvalue weighted by Crippen LogP contribution is 2.21. The van der Waals surface area contributed by atoms with Gasteiger partial charge in [-0.3, -0.25) is 0 Å². The topological polar surface area (TPSA) is 51.8 Å². The molecule has 1 heterocycles. The van der Waals surface area contributed by atoms with Crippen LogP contribution in [0.3, 0.4) is 0 Å². The van der Waals surface area contributed by atoms with E-state index >= 15 is 0 Å². The molecule has 1 aromatic rings. The number of nitrogens with two attached hydrogens (primary N) is 1. The average molecular weight is 157 g/mol. The molecule has 0 saturated carbocycles. The van der Waals surface area contributed by atoms with Crippen LogP contribution in [-0.2, 0) is 5.41 Å². The standard InChI is InChI=1S/C6H11N3S/c1-6(2,3-7)5-9-8-4-10-5/h4H,3,7H2,1-2H3. The lowest BCUT2D eigenvalue weighted by atomic mass is 9.95. The van der Waals surface area contributed by atoms with Gasteiger partial charge < -0.3 is 5.73 Å². The first kappa shape index (κ1) is 7.63. The van der Waals surface area contributed by atoms with Gasteiger partial charge >= 0.3 is 0 Å². The van der Waals surface area contributed by atoms with Crippen LogP contribution in [0.1, 0.15) is 18.9 Å². The van der Waals surface area contributed by atoms with Crippen LogP contribution >= 0.6 is 11.3 Å². The summed E-state index contributed by atoms with van der Waals surface area (Å²) in [4.78, 5) is 0. The Kier molecular flexibility index (Phi) is 2.01. The molecule has 0 saturated heterocycles. The maximum Gasteiger partial charge on any atom is 0.124 e. The summed E-state index contributed by atoms with van der Waals surface area (Å²) in [5, 5.41) is 8.71. The van der Waals surface area contributed by atoms with Crippen LogP contribution in [0.5, 0.6) is 0 Å². The Balaban J connectivity index is 2.85. The van der Waals surface area contributed by atoms with Gasteiger partial charge in [0.25, 0.3) is 0 Å². The lowest BCUT2D eigenvalue weighted by molar-refractivity contribution is 0.530. The zero-order chi connectivity index (χ0) is 7.61. The molecule has 0 bridgehead atoms. The van der Waals surface area contributed by atoms with Gasteiger partial charge in [0.05, 0.1) is 0 Å². The van der Waals surface area contributed by atoms with Crippen LogP contribution in [0.25, 0.3) is 0 Å². The second kappa shape index (κ2) is 2.64. The molecule has 0 unspecified atom stereocenters. The summed E-state index contributed by atoms with van der Waals surface area (Å²) in [6.07, 6.45) is 0. The highest BCUT2D eigenvalue weighted by molar-refractivity contribution is 7.09. The molecule has 4 heteroatoms. The monoisotopic (exact) mass is 157 g/mol. The molecule has 0 aromatic carbocycles. The van der Waals surface area contributed by atoms with Crippen molar-refractivity contribution in [1.82, 2.24) is 10.2 Å². The molecule has 1 aromatic heterocycles. The summed E-state index contributed by atoms with van der Waals surface area (Å²) < 4.78 is 0. The number of hydrogen-bond acceptors (Lipinski definition) is 4. The van der Waals surface area contributed by atoms with E-state index in [0.29, 0.717) is 6.54 Å². The fraction of sp³-hybridized carbons (Fsp3) is 0.667. The SMILES string of the molecule is CC(C)(CN)c1nncs1. The summed E-state index contributed by atoms with van der Waals surface area (Å²) >= 11 is 1.55. The summed E-state index contributed by atoms with van der Waals surface area (Å²) in [6, 6.07) is 0. The minimum absolute atomic E-state index is 0.0127. The molecule has 2 N–H and O–H groups in total.